The highest BCUT2D eigenvalue weighted by atomic mass is 127. The Morgan fingerprint density at radius 3 is 2.83 bits per heavy atom. The van der Waals surface area contributed by atoms with Crippen molar-refractivity contribution < 1.29 is 4.39 Å². The van der Waals surface area contributed by atoms with Gasteiger partial charge < -0.3 is 10.6 Å². The molecule has 0 aliphatic carbocycles. The summed E-state index contributed by atoms with van der Waals surface area (Å²) in [5.74, 6) is 3.04. The second-order valence-corrected chi connectivity index (χ2v) is 7.53. The predicted molar refractivity (Wildman–Crippen MR) is 110 cm³/mol. The van der Waals surface area contributed by atoms with Crippen LogP contribution in [0.5, 0.6) is 0 Å². The molecule has 1 aliphatic heterocycles. The molecule has 1 aromatic rings. The summed E-state index contributed by atoms with van der Waals surface area (Å²) in [6.45, 7) is 4.92. The molecule has 1 aromatic carbocycles. The Labute approximate surface area is 160 Å². The van der Waals surface area contributed by atoms with Crippen LogP contribution in [0.2, 0.25) is 0 Å². The number of hydrogen-bond donors (Lipinski definition) is 2. The first-order chi connectivity index (χ1) is 10.5. The van der Waals surface area contributed by atoms with Crippen molar-refractivity contribution in [1.82, 2.24) is 10.6 Å². The third kappa shape index (κ3) is 6.49. The van der Waals surface area contributed by atoms with Crippen molar-refractivity contribution in [3.05, 3.63) is 35.6 Å². The quantitative estimate of drug-likeness (QED) is 0.416. The van der Waals surface area contributed by atoms with Crippen LogP contribution >= 0.6 is 35.7 Å². The minimum absolute atomic E-state index is 0. The number of rotatable bonds is 4. The van der Waals surface area contributed by atoms with Crippen LogP contribution in [0.1, 0.15) is 32.3 Å². The van der Waals surface area contributed by atoms with Crippen molar-refractivity contribution in [2.75, 3.05) is 25.1 Å². The van der Waals surface area contributed by atoms with Crippen LogP contribution in [0.15, 0.2) is 29.3 Å². The van der Waals surface area contributed by atoms with Crippen molar-refractivity contribution in [1.29, 1.82) is 0 Å². The molecular formula is C17H27FIN3S. The van der Waals surface area contributed by atoms with Gasteiger partial charge in [0.1, 0.15) is 5.82 Å². The van der Waals surface area contributed by atoms with Gasteiger partial charge in [0.15, 0.2) is 5.96 Å². The Balaban J connectivity index is 0.00000264. The Hall–Kier alpha value is -0.500. The van der Waals surface area contributed by atoms with E-state index in [4.69, 9.17) is 0 Å². The average molecular weight is 451 g/mol. The standard InChI is InChI=1S/C17H26FN3S.HI/c1-17(2,13-6-4-7-14(18)10-13)12-20-16(19-3)21-15-8-5-9-22-11-15;/h4,6-7,10,15H,5,8-9,11-12H2,1-3H3,(H2,19,20,21);1H. The molecule has 1 atom stereocenters. The Morgan fingerprint density at radius 2 is 2.22 bits per heavy atom. The fourth-order valence-corrected chi connectivity index (χ4v) is 3.63. The van der Waals surface area contributed by atoms with Crippen LogP contribution in [-0.4, -0.2) is 37.1 Å². The second kappa shape index (κ2) is 9.71. The van der Waals surface area contributed by atoms with Crippen LogP contribution < -0.4 is 10.6 Å². The number of guanidine groups is 1. The van der Waals surface area contributed by atoms with Crippen LogP contribution in [0.3, 0.4) is 0 Å². The molecule has 1 saturated heterocycles. The van der Waals surface area contributed by atoms with Crippen LogP contribution in [-0.2, 0) is 5.41 Å². The number of halogens is 2. The number of nitrogens with zero attached hydrogens (tertiary/aromatic N) is 1. The highest BCUT2D eigenvalue weighted by molar-refractivity contribution is 14.0. The summed E-state index contributed by atoms with van der Waals surface area (Å²) in [5.41, 5.74) is 0.824. The molecule has 0 bridgehead atoms. The lowest BCUT2D eigenvalue weighted by Gasteiger charge is -2.29. The fraction of sp³-hybridized carbons (Fsp3) is 0.588. The third-order valence-corrected chi connectivity index (χ3v) is 5.24. The van der Waals surface area contributed by atoms with Crippen LogP contribution in [0.4, 0.5) is 4.39 Å². The van der Waals surface area contributed by atoms with Crippen LogP contribution in [0, 0.1) is 5.82 Å². The molecule has 1 unspecified atom stereocenters. The van der Waals surface area contributed by atoms with E-state index in [0.717, 1.165) is 17.3 Å². The maximum Gasteiger partial charge on any atom is 0.191 e. The highest BCUT2D eigenvalue weighted by Gasteiger charge is 2.22. The van der Waals surface area contributed by atoms with Gasteiger partial charge in [-0.2, -0.15) is 11.8 Å². The molecule has 0 saturated carbocycles. The van der Waals surface area contributed by atoms with E-state index in [0.29, 0.717) is 12.6 Å². The van der Waals surface area contributed by atoms with Crippen molar-refractivity contribution in [3.8, 4) is 0 Å². The van der Waals surface area contributed by atoms with E-state index in [1.165, 1.54) is 24.7 Å². The van der Waals surface area contributed by atoms with E-state index in [9.17, 15) is 4.39 Å². The Bertz CT molecular complexity index is 516. The summed E-state index contributed by atoms with van der Waals surface area (Å²) in [5, 5.41) is 6.87. The zero-order valence-corrected chi connectivity index (χ0v) is 17.2. The van der Waals surface area contributed by atoms with Crippen molar-refractivity contribution in [3.63, 3.8) is 0 Å². The van der Waals surface area contributed by atoms with Crippen molar-refractivity contribution >= 4 is 41.7 Å². The minimum atomic E-state index is -0.188. The van der Waals surface area contributed by atoms with Gasteiger partial charge >= 0.3 is 0 Å². The number of hydrogen-bond acceptors (Lipinski definition) is 2. The third-order valence-electron chi connectivity index (χ3n) is 4.03. The summed E-state index contributed by atoms with van der Waals surface area (Å²) < 4.78 is 13.4. The van der Waals surface area contributed by atoms with Gasteiger partial charge in [0.05, 0.1) is 0 Å². The SMILES string of the molecule is CN=C(NCC(C)(C)c1cccc(F)c1)NC1CCCSC1.I. The molecule has 1 heterocycles. The number of benzene rings is 1. The number of thioether (sulfide) groups is 1. The Morgan fingerprint density at radius 1 is 1.43 bits per heavy atom. The highest BCUT2D eigenvalue weighted by Crippen LogP contribution is 2.23. The topological polar surface area (TPSA) is 36.4 Å². The molecule has 0 amide bonds. The maximum absolute atomic E-state index is 13.4. The fourth-order valence-electron chi connectivity index (χ4n) is 2.56. The monoisotopic (exact) mass is 451 g/mol. The number of nitrogens with one attached hydrogen (secondary N) is 2. The van der Waals surface area contributed by atoms with E-state index in [1.54, 1.807) is 19.2 Å². The van der Waals surface area contributed by atoms with Gasteiger partial charge in [-0.1, -0.05) is 26.0 Å². The molecule has 0 spiro atoms. The molecule has 130 valence electrons. The minimum Gasteiger partial charge on any atom is -0.356 e. The van der Waals surface area contributed by atoms with Gasteiger partial charge in [-0.25, -0.2) is 4.39 Å². The summed E-state index contributed by atoms with van der Waals surface area (Å²) in [6.07, 6.45) is 2.45. The van der Waals surface area contributed by atoms with Crippen molar-refractivity contribution in [2.45, 2.75) is 38.1 Å². The molecule has 6 heteroatoms. The lowest BCUT2D eigenvalue weighted by molar-refractivity contribution is 0.497. The van der Waals surface area contributed by atoms with Gasteiger partial charge in [-0.3, -0.25) is 4.99 Å². The molecule has 0 aromatic heterocycles. The summed E-state index contributed by atoms with van der Waals surface area (Å²) in [4.78, 5) is 4.31. The van der Waals surface area contributed by atoms with Gasteiger partial charge in [0, 0.05) is 30.8 Å². The first-order valence-corrected chi connectivity index (χ1v) is 8.98. The smallest absolute Gasteiger partial charge is 0.191 e. The zero-order valence-electron chi connectivity index (χ0n) is 14.1. The lowest BCUT2D eigenvalue weighted by atomic mass is 9.84. The van der Waals surface area contributed by atoms with Gasteiger partial charge in [0.2, 0.25) is 0 Å². The molecule has 23 heavy (non-hydrogen) atoms. The lowest BCUT2D eigenvalue weighted by Crippen LogP contribution is -2.48. The molecule has 0 radical (unpaired) electrons. The van der Waals surface area contributed by atoms with E-state index in [2.05, 4.69) is 29.5 Å². The molecule has 2 rings (SSSR count). The zero-order chi connectivity index (χ0) is 16.0. The maximum atomic E-state index is 13.4. The molecule has 1 aliphatic rings. The largest absolute Gasteiger partial charge is 0.356 e. The molecular weight excluding hydrogens is 424 g/mol. The van der Waals surface area contributed by atoms with Crippen LogP contribution in [0.25, 0.3) is 0 Å². The van der Waals surface area contributed by atoms with Gasteiger partial charge in [-0.15, -0.1) is 24.0 Å². The summed E-state index contributed by atoms with van der Waals surface area (Å²) in [6, 6.07) is 7.31. The average Bonchev–Trinajstić information content (AvgIpc) is 2.52. The second-order valence-electron chi connectivity index (χ2n) is 6.38. The van der Waals surface area contributed by atoms with E-state index >= 15 is 0 Å². The van der Waals surface area contributed by atoms with E-state index < -0.39 is 0 Å². The predicted octanol–water partition coefficient (Wildman–Crippen LogP) is 3.78. The van der Waals surface area contributed by atoms with Gasteiger partial charge in [0.25, 0.3) is 0 Å². The molecule has 2 N–H and O–H groups in total. The van der Waals surface area contributed by atoms with Crippen molar-refractivity contribution in [2.24, 2.45) is 4.99 Å². The molecule has 1 fully saturated rings. The first-order valence-electron chi connectivity index (χ1n) is 7.82. The van der Waals surface area contributed by atoms with E-state index in [1.807, 2.05) is 17.8 Å². The normalized spacial score (nSPS) is 19.0. The summed E-state index contributed by atoms with van der Waals surface area (Å²) in [7, 11) is 1.79. The number of aliphatic imine (C=N–C) groups is 1. The first kappa shape index (κ1) is 20.5. The molecule has 3 nitrogen and oxygen atoms in total. The van der Waals surface area contributed by atoms with E-state index in [-0.39, 0.29) is 35.2 Å². The van der Waals surface area contributed by atoms with Gasteiger partial charge in [-0.05, 0) is 36.3 Å². The summed E-state index contributed by atoms with van der Waals surface area (Å²) >= 11 is 1.99. The Kier molecular flexibility index (Phi) is 8.68.